The molecule has 0 spiro atoms. The maximum atomic E-state index is 12.3. The van der Waals surface area contributed by atoms with Crippen LogP contribution in [0.4, 0.5) is 4.79 Å². The summed E-state index contributed by atoms with van der Waals surface area (Å²) in [6, 6.07) is 0.321. The Bertz CT molecular complexity index is 843. The number of nitrogens with zero attached hydrogens (tertiary/aromatic N) is 1. The zero-order chi connectivity index (χ0) is 24.1. The van der Waals surface area contributed by atoms with Crippen LogP contribution in [-0.4, -0.2) is 36.7 Å². The fourth-order valence-electron chi connectivity index (χ4n) is 9.31. The van der Waals surface area contributed by atoms with Gasteiger partial charge in [0.1, 0.15) is 5.78 Å². The highest BCUT2D eigenvalue weighted by molar-refractivity contribution is 5.85. The molecular formula is C28H45N3O3. The maximum absolute atomic E-state index is 12.3. The summed E-state index contributed by atoms with van der Waals surface area (Å²) in [5, 5.41) is 10.7. The minimum Gasteiger partial charge on any atom is -0.318 e. The summed E-state index contributed by atoms with van der Waals surface area (Å²) in [6.07, 6.45) is 10.8. The number of rotatable bonds is 4. The highest BCUT2D eigenvalue weighted by atomic mass is 16.7. The summed E-state index contributed by atoms with van der Waals surface area (Å²) >= 11 is 0. The van der Waals surface area contributed by atoms with Crippen LogP contribution in [0.15, 0.2) is 5.16 Å². The van der Waals surface area contributed by atoms with Crippen molar-refractivity contribution in [1.82, 2.24) is 10.6 Å². The Morgan fingerprint density at radius 3 is 2.65 bits per heavy atom. The van der Waals surface area contributed by atoms with Crippen molar-refractivity contribution in [3.8, 4) is 0 Å². The fraction of sp³-hybridized carbons (Fsp3) is 0.893. The molecule has 190 valence electrons. The number of Topliss-reactive ketones (excluding diaryl/α,β-unsaturated/α-hetero) is 1. The molecule has 5 aliphatic rings. The van der Waals surface area contributed by atoms with Crippen LogP contribution in [0.3, 0.4) is 0 Å². The first-order valence-electron chi connectivity index (χ1n) is 14.0. The molecule has 1 aliphatic heterocycles. The molecule has 4 aliphatic carbocycles. The van der Waals surface area contributed by atoms with Crippen LogP contribution in [0.2, 0.25) is 0 Å². The number of amides is 1. The zero-order valence-corrected chi connectivity index (χ0v) is 21.7. The molecule has 2 unspecified atom stereocenters. The predicted octanol–water partition coefficient (Wildman–Crippen LogP) is 5.31. The molecule has 6 nitrogen and oxygen atoms in total. The van der Waals surface area contributed by atoms with E-state index in [2.05, 4.69) is 43.5 Å². The van der Waals surface area contributed by atoms with Crippen molar-refractivity contribution < 1.29 is 14.4 Å². The molecular weight excluding hydrogens is 426 g/mol. The summed E-state index contributed by atoms with van der Waals surface area (Å²) in [5.41, 5.74) is 1.58. The van der Waals surface area contributed by atoms with Crippen molar-refractivity contribution in [1.29, 1.82) is 0 Å². The molecule has 0 aromatic carbocycles. The van der Waals surface area contributed by atoms with Gasteiger partial charge in [-0.25, -0.2) is 4.79 Å². The topological polar surface area (TPSA) is 79.8 Å². The van der Waals surface area contributed by atoms with E-state index in [9.17, 15) is 9.59 Å². The van der Waals surface area contributed by atoms with E-state index in [-0.39, 0.29) is 5.41 Å². The van der Waals surface area contributed by atoms with Gasteiger partial charge in [0, 0.05) is 31.3 Å². The van der Waals surface area contributed by atoms with Crippen LogP contribution in [-0.2, 0) is 9.63 Å². The smallest absolute Gasteiger partial charge is 0.318 e. The molecule has 2 N–H and O–H groups in total. The van der Waals surface area contributed by atoms with Gasteiger partial charge in [0.25, 0.3) is 0 Å². The number of ketones is 1. The van der Waals surface area contributed by atoms with Gasteiger partial charge in [0.15, 0.2) is 0 Å². The first-order valence-corrected chi connectivity index (χ1v) is 14.0. The van der Waals surface area contributed by atoms with E-state index in [0.29, 0.717) is 41.5 Å². The lowest BCUT2D eigenvalue weighted by molar-refractivity contribution is -0.138. The van der Waals surface area contributed by atoms with Gasteiger partial charge in [-0.1, -0.05) is 25.9 Å². The minimum atomic E-state index is -0.443. The molecule has 1 amide bonds. The number of nitrogens with one attached hydrogen (secondary N) is 2. The van der Waals surface area contributed by atoms with Gasteiger partial charge in [-0.2, -0.15) is 0 Å². The maximum Gasteiger partial charge on any atom is 0.433 e. The average molecular weight is 472 g/mol. The third-order valence-electron chi connectivity index (χ3n) is 11.4. The SMILES string of the molecule is C/C(=N\OC(=O)NCC1NCCC1C)[C@H]1CC[C@H]2[C@@H]3CC[C@@H]4CC(=O)CC[C@]4(C)[C@H]3CC[C@]12C. The summed E-state index contributed by atoms with van der Waals surface area (Å²) in [5.74, 6) is 4.32. The molecule has 9 atom stereocenters. The second-order valence-corrected chi connectivity index (χ2v) is 12.9. The molecule has 0 bridgehead atoms. The van der Waals surface area contributed by atoms with Gasteiger partial charge in [-0.3, -0.25) is 9.63 Å². The van der Waals surface area contributed by atoms with Crippen LogP contribution in [0, 0.1) is 46.3 Å². The lowest BCUT2D eigenvalue weighted by Crippen LogP contribution is -2.53. The van der Waals surface area contributed by atoms with Crippen LogP contribution in [0.5, 0.6) is 0 Å². The first kappa shape index (κ1) is 24.3. The van der Waals surface area contributed by atoms with Crippen molar-refractivity contribution in [3.63, 3.8) is 0 Å². The van der Waals surface area contributed by atoms with Crippen LogP contribution in [0.25, 0.3) is 0 Å². The van der Waals surface area contributed by atoms with Gasteiger partial charge in [0.05, 0.1) is 5.71 Å². The Hall–Kier alpha value is -1.43. The second kappa shape index (κ2) is 9.22. The first-order chi connectivity index (χ1) is 16.2. The summed E-state index contributed by atoms with van der Waals surface area (Å²) in [6.45, 7) is 10.9. The van der Waals surface area contributed by atoms with Gasteiger partial charge < -0.3 is 10.6 Å². The van der Waals surface area contributed by atoms with Crippen molar-refractivity contribution in [2.75, 3.05) is 13.1 Å². The fourth-order valence-corrected chi connectivity index (χ4v) is 9.31. The summed E-state index contributed by atoms with van der Waals surface area (Å²) in [4.78, 5) is 29.7. The van der Waals surface area contributed by atoms with E-state index < -0.39 is 6.09 Å². The van der Waals surface area contributed by atoms with Gasteiger partial charge >= 0.3 is 6.09 Å². The Morgan fingerprint density at radius 2 is 1.88 bits per heavy atom. The van der Waals surface area contributed by atoms with E-state index in [0.717, 1.165) is 62.1 Å². The standard InChI is InChI=1S/C28H45N3O3/c1-17-11-14-29-25(17)16-30-26(33)34-31-18(2)22-7-8-23-21-6-5-19-15-20(32)9-12-27(19,3)24(21)10-13-28(22,23)4/h17,19,21-25,29H,5-16H2,1-4H3,(H,30,33)/b31-18+/t17?,19-,21+,22-,23+,24+,25?,27+,28-/m1/s1. The lowest BCUT2D eigenvalue weighted by Gasteiger charge is -2.60. The van der Waals surface area contributed by atoms with Crippen LogP contribution >= 0.6 is 0 Å². The highest BCUT2D eigenvalue weighted by Crippen LogP contribution is 2.67. The molecule has 0 aromatic rings. The van der Waals surface area contributed by atoms with Crippen molar-refractivity contribution in [2.45, 2.75) is 97.9 Å². The van der Waals surface area contributed by atoms with Crippen molar-refractivity contribution >= 4 is 17.6 Å². The summed E-state index contributed by atoms with van der Waals surface area (Å²) < 4.78 is 0. The molecule has 0 radical (unpaired) electrons. The number of carbonyl (C=O) groups excluding carboxylic acids is 2. The number of carbonyl (C=O) groups is 2. The van der Waals surface area contributed by atoms with E-state index >= 15 is 0 Å². The van der Waals surface area contributed by atoms with Crippen molar-refractivity contribution in [2.24, 2.45) is 51.5 Å². The molecule has 4 saturated carbocycles. The molecule has 6 heteroatoms. The molecule has 34 heavy (non-hydrogen) atoms. The van der Waals surface area contributed by atoms with E-state index in [1.807, 2.05) is 0 Å². The third-order valence-corrected chi connectivity index (χ3v) is 11.4. The second-order valence-electron chi connectivity index (χ2n) is 12.9. The predicted molar refractivity (Wildman–Crippen MR) is 133 cm³/mol. The van der Waals surface area contributed by atoms with Crippen molar-refractivity contribution in [3.05, 3.63) is 0 Å². The third kappa shape index (κ3) is 4.12. The average Bonchev–Trinajstić information content (AvgIpc) is 3.38. The normalized spacial score (nSPS) is 46.4. The Morgan fingerprint density at radius 1 is 1.09 bits per heavy atom. The number of hydrogen-bond donors (Lipinski definition) is 2. The number of oxime groups is 1. The van der Waals surface area contributed by atoms with Crippen LogP contribution < -0.4 is 10.6 Å². The molecule has 0 aromatic heterocycles. The Labute approximate surface area is 205 Å². The number of fused-ring (bicyclic) bond motifs is 5. The molecule has 1 saturated heterocycles. The van der Waals surface area contributed by atoms with E-state index in [4.69, 9.17) is 4.84 Å². The molecule has 5 rings (SSSR count). The Kier molecular flexibility index (Phi) is 6.58. The Balaban J connectivity index is 1.21. The van der Waals surface area contributed by atoms with Gasteiger partial charge in [-0.15, -0.1) is 0 Å². The molecule has 5 fully saturated rings. The number of hydrogen-bond acceptors (Lipinski definition) is 5. The monoisotopic (exact) mass is 471 g/mol. The largest absolute Gasteiger partial charge is 0.433 e. The zero-order valence-electron chi connectivity index (χ0n) is 21.7. The molecule has 1 heterocycles. The van der Waals surface area contributed by atoms with E-state index in [1.54, 1.807) is 0 Å². The minimum absolute atomic E-state index is 0.242. The van der Waals surface area contributed by atoms with Gasteiger partial charge in [0.2, 0.25) is 0 Å². The quantitative estimate of drug-likeness (QED) is 0.331. The van der Waals surface area contributed by atoms with E-state index in [1.165, 1.54) is 32.1 Å². The highest BCUT2D eigenvalue weighted by Gasteiger charge is 2.60. The van der Waals surface area contributed by atoms with Crippen LogP contribution in [0.1, 0.15) is 91.9 Å². The lowest BCUT2D eigenvalue weighted by atomic mass is 9.44. The van der Waals surface area contributed by atoms with Gasteiger partial charge in [-0.05, 0) is 105 Å². The summed E-state index contributed by atoms with van der Waals surface area (Å²) in [7, 11) is 0.